The van der Waals surface area contributed by atoms with Crippen LogP contribution in [0.5, 0.6) is 5.75 Å². The fourth-order valence-electron chi connectivity index (χ4n) is 3.55. The Morgan fingerprint density at radius 3 is 2.52 bits per heavy atom. The van der Waals surface area contributed by atoms with Crippen LogP contribution < -0.4 is 10.1 Å². The summed E-state index contributed by atoms with van der Waals surface area (Å²) in [4.78, 5) is 16.5. The van der Waals surface area contributed by atoms with Crippen LogP contribution in [0.2, 0.25) is 0 Å². The van der Waals surface area contributed by atoms with E-state index in [4.69, 9.17) is 4.74 Å². The van der Waals surface area contributed by atoms with Crippen molar-refractivity contribution in [3.05, 3.63) is 108 Å². The number of nitrogens with one attached hydrogen (secondary N) is 1. The van der Waals surface area contributed by atoms with Gasteiger partial charge in [0.1, 0.15) is 12.4 Å². The predicted octanol–water partition coefficient (Wildman–Crippen LogP) is 5.62. The van der Waals surface area contributed by atoms with E-state index in [1.807, 2.05) is 55.5 Å². The lowest BCUT2D eigenvalue weighted by Crippen LogP contribution is -2.26. The van der Waals surface area contributed by atoms with Gasteiger partial charge in [-0.1, -0.05) is 60.7 Å². The van der Waals surface area contributed by atoms with Crippen molar-refractivity contribution in [3.63, 3.8) is 0 Å². The molecule has 0 radical (unpaired) electrons. The molecule has 4 heteroatoms. The van der Waals surface area contributed by atoms with Crippen molar-refractivity contribution in [2.24, 2.45) is 0 Å². The quantitative estimate of drug-likeness (QED) is 0.410. The van der Waals surface area contributed by atoms with Crippen LogP contribution in [0, 0.1) is 0 Å². The highest BCUT2D eigenvalue weighted by Crippen LogP contribution is 2.20. The van der Waals surface area contributed by atoms with Gasteiger partial charge in [-0.25, -0.2) is 0 Å². The summed E-state index contributed by atoms with van der Waals surface area (Å²) < 4.78 is 5.80. The third-order valence-corrected chi connectivity index (χ3v) is 5.34. The number of aromatic nitrogens is 1. The molecule has 0 aliphatic carbocycles. The number of aryl methyl sites for hydroxylation is 1. The van der Waals surface area contributed by atoms with E-state index in [1.165, 1.54) is 16.3 Å². The summed E-state index contributed by atoms with van der Waals surface area (Å²) in [5, 5.41) is 5.52. The van der Waals surface area contributed by atoms with Gasteiger partial charge in [0.15, 0.2) is 0 Å². The first kappa shape index (κ1) is 20.6. The molecule has 31 heavy (non-hydrogen) atoms. The number of benzene rings is 3. The van der Waals surface area contributed by atoms with Gasteiger partial charge < -0.3 is 10.1 Å². The smallest absolute Gasteiger partial charge is 0.220 e. The number of fused-ring (bicyclic) bond motifs is 1. The molecule has 0 fully saturated rings. The SMILES string of the molecule is CC(NC(=O)CCc1ccc2ccccc2c1)c1ccc(OCc2cccnc2)cc1. The number of hydrogen-bond acceptors (Lipinski definition) is 3. The van der Waals surface area contributed by atoms with Crippen molar-refractivity contribution < 1.29 is 9.53 Å². The lowest BCUT2D eigenvalue weighted by molar-refractivity contribution is -0.121. The van der Waals surface area contributed by atoms with Crippen LogP contribution in [0.4, 0.5) is 0 Å². The molecule has 4 aromatic rings. The molecule has 1 aromatic heterocycles. The molecule has 1 heterocycles. The number of rotatable bonds is 8. The normalized spacial score (nSPS) is 11.8. The molecular weight excluding hydrogens is 384 g/mol. The maximum absolute atomic E-state index is 12.4. The van der Waals surface area contributed by atoms with Crippen LogP contribution in [0.3, 0.4) is 0 Å². The molecule has 0 aliphatic rings. The second-order valence-electron chi connectivity index (χ2n) is 7.69. The Morgan fingerprint density at radius 1 is 0.935 bits per heavy atom. The lowest BCUT2D eigenvalue weighted by atomic mass is 10.0. The molecule has 1 unspecified atom stereocenters. The van der Waals surface area contributed by atoms with Gasteiger partial charge in [-0.15, -0.1) is 0 Å². The maximum atomic E-state index is 12.4. The highest BCUT2D eigenvalue weighted by atomic mass is 16.5. The fraction of sp³-hybridized carbons (Fsp3) is 0.185. The topological polar surface area (TPSA) is 51.2 Å². The zero-order valence-electron chi connectivity index (χ0n) is 17.6. The molecule has 0 aliphatic heterocycles. The van der Waals surface area contributed by atoms with Crippen molar-refractivity contribution in [2.75, 3.05) is 0 Å². The van der Waals surface area contributed by atoms with E-state index < -0.39 is 0 Å². The zero-order valence-corrected chi connectivity index (χ0v) is 17.6. The van der Waals surface area contributed by atoms with Gasteiger partial charge in [0, 0.05) is 24.4 Å². The molecule has 0 saturated carbocycles. The third-order valence-electron chi connectivity index (χ3n) is 5.34. The van der Waals surface area contributed by atoms with Gasteiger partial charge in [0.05, 0.1) is 6.04 Å². The second-order valence-corrected chi connectivity index (χ2v) is 7.69. The standard InChI is InChI=1S/C27H26N2O2/c1-20(23-11-13-26(14-12-23)31-19-22-5-4-16-28-18-22)29-27(30)15-9-21-8-10-24-6-2-3-7-25(24)17-21/h2-8,10-14,16-18,20H,9,15,19H2,1H3,(H,29,30). The van der Waals surface area contributed by atoms with E-state index in [-0.39, 0.29) is 11.9 Å². The third kappa shape index (κ3) is 5.70. The molecule has 0 bridgehead atoms. The first-order valence-corrected chi connectivity index (χ1v) is 10.6. The molecular formula is C27H26N2O2. The van der Waals surface area contributed by atoms with Crippen LogP contribution in [-0.2, 0) is 17.8 Å². The van der Waals surface area contributed by atoms with E-state index in [9.17, 15) is 4.79 Å². The number of carbonyl (C=O) groups is 1. The summed E-state index contributed by atoms with van der Waals surface area (Å²) in [5.74, 6) is 0.847. The van der Waals surface area contributed by atoms with Crippen LogP contribution in [0.15, 0.2) is 91.3 Å². The Hall–Kier alpha value is -3.66. The van der Waals surface area contributed by atoms with Crippen molar-refractivity contribution in [1.82, 2.24) is 10.3 Å². The van der Waals surface area contributed by atoms with E-state index in [1.54, 1.807) is 12.4 Å². The van der Waals surface area contributed by atoms with E-state index >= 15 is 0 Å². The first-order valence-electron chi connectivity index (χ1n) is 10.6. The molecule has 1 amide bonds. The van der Waals surface area contributed by atoms with Crippen molar-refractivity contribution in [1.29, 1.82) is 0 Å². The number of nitrogens with zero attached hydrogens (tertiary/aromatic N) is 1. The maximum Gasteiger partial charge on any atom is 0.220 e. The molecule has 1 N–H and O–H groups in total. The molecule has 0 spiro atoms. The Kier molecular flexibility index (Phi) is 6.58. The minimum absolute atomic E-state index is 0.0533. The Labute approximate surface area is 182 Å². The zero-order chi connectivity index (χ0) is 21.5. The summed E-state index contributed by atoms with van der Waals surface area (Å²) in [7, 11) is 0. The summed E-state index contributed by atoms with van der Waals surface area (Å²) in [5.41, 5.74) is 3.25. The molecule has 0 saturated heterocycles. The van der Waals surface area contributed by atoms with Crippen LogP contribution in [-0.4, -0.2) is 10.9 Å². The summed E-state index contributed by atoms with van der Waals surface area (Å²) >= 11 is 0. The van der Waals surface area contributed by atoms with E-state index in [0.717, 1.165) is 23.3 Å². The summed E-state index contributed by atoms with van der Waals surface area (Å²) in [6, 6.07) is 26.3. The largest absolute Gasteiger partial charge is 0.489 e. The Balaban J connectivity index is 1.26. The van der Waals surface area contributed by atoms with Gasteiger partial charge in [0.2, 0.25) is 5.91 Å². The summed E-state index contributed by atoms with van der Waals surface area (Å²) in [6.07, 6.45) is 4.74. The number of amides is 1. The first-order chi connectivity index (χ1) is 15.2. The van der Waals surface area contributed by atoms with Gasteiger partial charge in [-0.3, -0.25) is 9.78 Å². The molecule has 3 aromatic carbocycles. The fourth-order valence-corrected chi connectivity index (χ4v) is 3.55. The lowest BCUT2D eigenvalue weighted by Gasteiger charge is -2.15. The van der Waals surface area contributed by atoms with Gasteiger partial charge in [0.25, 0.3) is 0 Å². The average Bonchev–Trinajstić information content (AvgIpc) is 2.82. The van der Waals surface area contributed by atoms with Crippen molar-refractivity contribution >= 4 is 16.7 Å². The van der Waals surface area contributed by atoms with Gasteiger partial charge in [-0.05, 0) is 53.4 Å². The number of hydrogen-bond donors (Lipinski definition) is 1. The molecule has 4 rings (SSSR count). The van der Waals surface area contributed by atoms with E-state index in [0.29, 0.717) is 13.0 Å². The molecule has 156 valence electrons. The van der Waals surface area contributed by atoms with Gasteiger partial charge in [-0.2, -0.15) is 0 Å². The van der Waals surface area contributed by atoms with E-state index in [2.05, 4.69) is 40.6 Å². The summed E-state index contributed by atoms with van der Waals surface area (Å²) in [6.45, 7) is 2.48. The minimum Gasteiger partial charge on any atom is -0.489 e. The van der Waals surface area contributed by atoms with Crippen LogP contribution in [0.25, 0.3) is 10.8 Å². The predicted molar refractivity (Wildman–Crippen MR) is 124 cm³/mol. The average molecular weight is 411 g/mol. The van der Waals surface area contributed by atoms with Crippen LogP contribution in [0.1, 0.15) is 36.1 Å². The highest BCUT2D eigenvalue weighted by Gasteiger charge is 2.10. The number of ether oxygens (including phenoxy) is 1. The number of carbonyl (C=O) groups excluding carboxylic acids is 1. The minimum atomic E-state index is -0.0588. The molecule has 4 nitrogen and oxygen atoms in total. The number of pyridine rings is 1. The monoisotopic (exact) mass is 410 g/mol. The van der Waals surface area contributed by atoms with Gasteiger partial charge >= 0.3 is 0 Å². The van der Waals surface area contributed by atoms with Crippen LogP contribution >= 0.6 is 0 Å². The Bertz CT molecular complexity index is 1140. The second kappa shape index (κ2) is 9.90. The highest BCUT2D eigenvalue weighted by molar-refractivity contribution is 5.83. The van der Waals surface area contributed by atoms with Crippen molar-refractivity contribution in [2.45, 2.75) is 32.4 Å². The Morgan fingerprint density at radius 2 is 1.74 bits per heavy atom. The van der Waals surface area contributed by atoms with Crippen molar-refractivity contribution in [3.8, 4) is 5.75 Å². The molecule has 1 atom stereocenters.